The van der Waals surface area contributed by atoms with Crippen molar-refractivity contribution >= 4 is 16.7 Å². The summed E-state index contributed by atoms with van der Waals surface area (Å²) in [5, 5.41) is 19.4. The van der Waals surface area contributed by atoms with Crippen molar-refractivity contribution in [1.29, 1.82) is 0 Å². The molecule has 0 spiro atoms. The first kappa shape index (κ1) is 20.3. The molecule has 0 saturated heterocycles. The van der Waals surface area contributed by atoms with E-state index in [2.05, 4.69) is 0 Å². The Morgan fingerprint density at radius 2 is 1.52 bits per heavy atom. The number of halogens is 3. The molecule has 2 N–H and O–H groups in total. The van der Waals surface area contributed by atoms with Crippen LogP contribution in [-0.2, 0) is 6.18 Å². The van der Waals surface area contributed by atoms with E-state index in [0.717, 1.165) is 6.07 Å². The summed E-state index contributed by atoms with van der Waals surface area (Å²) < 4.78 is 48.0. The molecular weight excluding hydrogens is 409 g/mol. The third-order valence-corrected chi connectivity index (χ3v) is 4.78. The maximum atomic E-state index is 14.0. The molecule has 31 heavy (non-hydrogen) atoms. The van der Waals surface area contributed by atoms with Gasteiger partial charge in [0.05, 0.1) is 11.1 Å². The summed E-state index contributed by atoms with van der Waals surface area (Å²) in [6, 6.07) is 18.4. The molecule has 0 atom stereocenters. The maximum Gasteiger partial charge on any atom is 0.417 e. The molecule has 0 amide bonds. The van der Waals surface area contributed by atoms with Gasteiger partial charge in [0, 0.05) is 10.9 Å². The molecule has 0 aliphatic carbocycles. The Kier molecular flexibility index (Phi) is 5.02. The summed E-state index contributed by atoms with van der Waals surface area (Å²) in [4.78, 5) is 11.1. The Labute approximate surface area is 174 Å². The molecular formula is C24H15F3O4. The lowest BCUT2D eigenvalue weighted by molar-refractivity contribution is -0.137. The van der Waals surface area contributed by atoms with Crippen LogP contribution in [0.2, 0.25) is 0 Å². The Hall–Kier alpha value is -4.00. The SMILES string of the molecule is O=C(O)c1ccc(Oc2c(-c3ccc(O)cc3)c(C(F)(F)F)cc3ccccc23)cc1. The molecule has 156 valence electrons. The Morgan fingerprint density at radius 1 is 0.871 bits per heavy atom. The van der Waals surface area contributed by atoms with Gasteiger partial charge >= 0.3 is 12.1 Å². The third kappa shape index (κ3) is 4.02. The van der Waals surface area contributed by atoms with Gasteiger partial charge in [0.1, 0.15) is 17.2 Å². The number of carboxylic acids is 1. The monoisotopic (exact) mass is 424 g/mol. The third-order valence-electron chi connectivity index (χ3n) is 4.78. The summed E-state index contributed by atoms with van der Waals surface area (Å²) in [7, 11) is 0. The highest BCUT2D eigenvalue weighted by atomic mass is 19.4. The van der Waals surface area contributed by atoms with Gasteiger partial charge in [-0.15, -0.1) is 0 Å². The van der Waals surface area contributed by atoms with E-state index in [1.165, 1.54) is 48.5 Å². The molecule has 0 aliphatic heterocycles. The molecule has 0 saturated carbocycles. The van der Waals surface area contributed by atoms with Crippen LogP contribution in [-0.4, -0.2) is 16.2 Å². The van der Waals surface area contributed by atoms with Crippen LogP contribution in [0.4, 0.5) is 13.2 Å². The van der Waals surface area contributed by atoms with Gasteiger partial charge in [-0.25, -0.2) is 4.79 Å². The molecule has 0 unspecified atom stereocenters. The summed E-state index contributed by atoms with van der Waals surface area (Å²) in [5.41, 5.74) is -0.810. The number of phenols is 1. The molecule has 0 fully saturated rings. The van der Waals surface area contributed by atoms with Crippen LogP contribution >= 0.6 is 0 Å². The van der Waals surface area contributed by atoms with Gasteiger partial charge in [-0.2, -0.15) is 13.2 Å². The van der Waals surface area contributed by atoms with E-state index in [9.17, 15) is 23.1 Å². The minimum Gasteiger partial charge on any atom is -0.508 e. The van der Waals surface area contributed by atoms with E-state index in [1.807, 2.05) is 0 Å². The van der Waals surface area contributed by atoms with E-state index >= 15 is 0 Å². The fraction of sp³-hybridized carbons (Fsp3) is 0.0417. The molecule has 0 aromatic heterocycles. The van der Waals surface area contributed by atoms with Crippen molar-refractivity contribution < 1.29 is 32.9 Å². The lowest BCUT2D eigenvalue weighted by atomic mass is 9.93. The summed E-state index contributed by atoms with van der Waals surface area (Å²) in [5.74, 6) is -1.03. The second-order valence-electron chi connectivity index (χ2n) is 6.83. The van der Waals surface area contributed by atoms with Crippen LogP contribution < -0.4 is 4.74 Å². The number of fused-ring (bicyclic) bond motifs is 1. The lowest BCUT2D eigenvalue weighted by Gasteiger charge is -2.20. The molecule has 0 heterocycles. The van der Waals surface area contributed by atoms with E-state index in [4.69, 9.17) is 9.84 Å². The fourth-order valence-corrected chi connectivity index (χ4v) is 3.34. The number of carbonyl (C=O) groups is 1. The van der Waals surface area contributed by atoms with Crippen molar-refractivity contribution in [2.45, 2.75) is 6.18 Å². The van der Waals surface area contributed by atoms with Gasteiger partial charge < -0.3 is 14.9 Å². The molecule has 4 nitrogen and oxygen atoms in total. The molecule has 4 aromatic rings. The highest BCUT2D eigenvalue weighted by molar-refractivity contribution is 5.97. The quantitative estimate of drug-likeness (QED) is 0.382. The zero-order valence-corrected chi connectivity index (χ0v) is 15.9. The molecule has 0 radical (unpaired) electrons. The van der Waals surface area contributed by atoms with Gasteiger partial charge in [-0.05, 0) is 53.4 Å². The van der Waals surface area contributed by atoms with Crippen molar-refractivity contribution in [1.82, 2.24) is 0 Å². The van der Waals surface area contributed by atoms with Crippen molar-refractivity contribution in [3.8, 4) is 28.4 Å². The topological polar surface area (TPSA) is 66.8 Å². The lowest BCUT2D eigenvalue weighted by Crippen LogP contribution is -2.09. The summed E-state index contributed by atoms with van der Waals surface area (Å²) in [6.45, 7) is 0. The van der Waals surface area contributed by atoms with E-state index in [0.29, 0.717) is 10.8 Å². The average molecular weight is 424 g/mol. The number of benzene rings is 4. The zero-order valence-electron chi connectivity index (χ0n) is 15.9. The second kappa shape index (κ2) is 7.68. The van der Waals surface area contributed by atoms with Crippen molar-refractivity contribution in [3.63, 3.8) is 0 Å². The minimum absolute atomic E-state index is 0.0146. The van der Waals surface area contributed by atoms with Crippen LogP contribution in [0.3, 0.4) is 0 Å². The van der Waals surface area contributed by atoms with Gasteiger partial charge in [0.25, 0.3) is 0 Å². The van der Waals surface area contributed by atoms with E-state index < -0.39 is 17.7 Å². The molecule has 0 bridgehead atoms. The van der Waals surface area contributed by atoms with Crippen molar-refractivity contribution in [3.05, 3.63) is 90.0 Å². The number of hydrogen-bond donors (Lipinski definition) is 2. The van der Waals surface area contributed by atoms with Crippen LogP contribution in [0.25, 0.3) is 21.9 Å². The van der Waals surface area contributed by atoms with Crippen LogP contribution in [0, 0.1) is 0 Å². The number of alkyl halides is 3. The standard InChI is InChI=1S/C24H15F3O4/c25-24(26,27)20-13-16-3-1-2-4-19(16)22(21(20)14-5-9-17(28)10-6-14)31-18-11-7-15(8-12-18)23(29)30/h1-13,28H,(H,29,30). The minimum atomic E-state index is -4.66. The van der Waals surface area contributed by atoms with Crippen molar-refractivity contribution in [2.24, 2.45) is 0 Å². The number of carboxylic acid groups (broad SMARTS) is 1. The number of rotatable bonds is 4. The van der Waals surface area contributed by atoms with Gasteiger partial charge in [-0.3, -0.25) is 0 Å². The van der Waals surface area contributed by atoms with Gasteiger partial charge in [0.15, 0.2) is 0 Å². The van der Waals surface area contributed by atoms with Gasteiger partial charge in [0.2, 0.25) is 0 Å². The largest absolute Gasteiger partial charge is 0.508 e. The zero-order chi connectivity index (χ0) is 22.2. The molecule has 4 rings (SSSR count). The maximum absolute atomic E-state index is 14.0. The first-order valence-corrected chi connectivity index (χ1v) is 9.17. The number of aromatic hydroxyl groups is 1. The fourth-order valence-electron chi connectivity index (χ4n) is 3.34. The van der Waals surface area contributed by atoms with E-state index in [1.54, 1.807) is 24.3 Å². The van der Waals surface area contributed by atoms with E-state index in [-0.39, 0.29) is 33.9 Å². The highest BCUT2D eigenvalue weighted by Gasteiger charge is 2.36. The second-order valence-corrected chi connectivity index (χ2v) is 6.83. The smallest absolute Gasteiger partial charge is 0.417 e. The number of ether oxygens (including phenoxy) is 1. The predicted molar refractivity (Wildman–Crippen MR) is 110 cm³/mol. The van der Waals surface area contributed by atoms with Crippen molar-refractivity contribution in [2.75, 3.05) is 0 Å². The number of aromatic carboxylic acids is 1. The van der Waals surface area contributed by atoms with Gasteiger partial charge in [-0.1, -0.05) is 36.4 Å². The molecule has 7 heteroatoms. The Morgan fingerprint density at radius 3 is 2.13 bits per heavy atom. The van der Waals surface area contributed by atoms with Crippen LogP contribution in [0.1, 0.15) is 15.9 Å². The average Bonchev–Trinajstić information content (AvgIpc) is 2.74. The normalized spacial score (nSPS) is 11.5. The summed E-state index contributed by atoms with van der Waals surface area (Å²) in [6.07, 6.45) is -4.66. The first-order valence-electron chi connectivity index (χ1n) is 9.17. The Bertz CT molecular complexity index is 1260. The number of phenolic OH excluding ortho intramolecular Hbond substituents is 1. The predicted octanol–water partition coefficient (Wildman–Crippen LogP) is 6.72. The number of hydrogen-bond acceptors (Lipinski definition) is 3. The Balaban J connectivity index is 1.99. The molecule has 0 aliphatic rings. The van der Waals surface area contributed by atoms with Crippen LogP contribution in [0.15, 0.2) is 78.9 Å². The first-order chi connectivity index (χ1) is 14.7. The van der Waals surface area contributed by atoms with Crippen LogP contribution in [0.5, 0.6) is 17.2 Å². The highest BCUT2D eigenvalue weighted by Crippen LogP contribution is 2.47. The summed E-state index contributed by atoms with van der Waals surface area (Å²) >= 11 is 0. The molecule has 4 aromatic carbocycles.